The molecular formula is C9H17NO7. The molecule has 0 aromatic rings. The maximum Gasteiger partial charge on any atom is 0.207 e. The monoisotopic (exact) mass is 252 g/mol. The molecular weight excluding hydrogens is 234 g/mol. The Morgan fingerprint density at radius 2 is 2.06 bits per heavy atom. The largest absolute Gasteiger partial charge is 0.394 e. The van der Waals surface area contributed by atoms with E-state index in [2.05, 4.69) is 5.32 Å². The minimum absolute atomic E-state index is 0.0390. The number of nitrogens with one attached hydrogen (secondary N) is 1. The van der Waals surface area contributed by atoms with Crippen molar-refractivity contribution in [2.75, 3.05) is 19.8 Å². The van der Waals surface area contributed by atoms with Gasteiger partial charge in [-0.2, -0.15) is 0 Å². The highest BCUT2D eigenvalue weighted by molar-refractivity contribution is 5.45. The van der Waals surface area contributed by atoms with E-state index in [9.17, 15) is 20.1 Å². The summed E-state index contributed by atoms with van der Waals surface area (Å²) in [5.41, 5.74) is 0. The van der Waals surface area contributed by atoms with Gasteiger partial charge in [-0.05, 0) is 0 Å². The summed E-state index contributed by atoms with van der Waals surface area (Å²) in [5.74, 6) is 0. The summed E-state index contributed by atoms with van der Waals surface area (Å²) >= 11 is 0. The zero-order valence-electron chi connectivity index (χ0n) is 10.0. The van der Waals surface area contributed by atoms with Crippen LogP contribution < -0.4 is 5.32 Å². The smallest absolute Gasteiger partial charge is 0.207 e. The predicted octanol–water partition coefficient (Wildman–Crippen LogP) is -3.45. The molecule has 1 amide bonds. The fourth-order valence-electron chi connectivity index (χ4n) is 1.48. The molecule has 1 aliphatic rings. The summed E-state index contributed by atoms with van der Waals surface area (Å²) in [6.07, 6.45) is -7.60. The molecule has 0 saturated carbocycles. The van der Waals surface area contributed by atoms with E-state index in [1.165, 1.54) is 0 Å². The van der Waals surface area contributed by atoms with E-state index in [0.29, 0.717) is 0 Å². The highest BCUT2D eigenvalue weighted by atomic mass is 16.7. The summed E-state index contributed by atoms with van der Waals surface area (Å²) in [4.78, 5) is 10.3. The zero-order chi connectivity index (χ0) is 13.7. The van der Waals surface area contributed by atoms with Gasteiger partial charge in [0.05, 0.1) is 13.2 Å². The Kier molecular flexibility index (Phi) is 5.10. The van der Waals surface area contributed by atoms with Gasteiger partial charge in [-0.3, -0.25) is 4.79 Å². The zero-order valence-corrected chi connectivity index (χ0v) is 9.02. The Balaban J connectivity index is 2.41. The van der Waals surface area contributed by atoms with E-state index in [4.69, 9.17) is 16.0 Å². The molecule has 8 heteroatoms. The Morgan fingerprint density at radius 1 is 1.35 bits per heavy atom. The second kappa shape index (κ2) is 6.84. The molecule has 8 nitrogen and oxygen atoms in total. The van der Waals surface area contributed by atoms with Crippen molar-refractivity contribution in [2.45, 2.75) is 30.7 Å². The van der Waals surface area contributed by atoms with Crippen LogP contribution in [0.25, 0.3) is 0 Å². The minimum Gasteiger partial charge on any atom is -0.394 e. The van der Waals surface area contributed by atoms with E-state index < -0.39 is 43.7 Å². The lowest BCUT2D eigenvalue weighted by atomic mass is 9.99. The molecule has 0 unspecified atom stereocenters. The van der Waals surface area contributed by atoms with Gasteiger partial charge in [0.25, 0.3) is 0 Å². The molecule has 100 valence electrons. The van der Waals surface area contributed by atoms with Crippen molar-refractivity contribution in [3.8, 4) is 0 Å². The molecule has 1 rings (SSSR count). The quantitative estimate of drug-likeness (QED) is 0.254. The molecule has 1 aliphatic heterocycles. The molecule has 0 spiro atoms. The molecule has 0 radical (unpaired) electrons. The molecule has 1 saturated heterocycles. The van der Waals surface area contributed by atoms with Crippen LogP contribution in [-0.4, -0.2) is 77.3 Å². The van der Waals surface area contributed by atoms with Gasteiger partial charge in [0.2, 0.25) is 6.39 Å². The second-order valence-corrected chi connectivity index (χ2v) is 3.60. The maximum atomic E-state index is 10.3. The van der Waals surface area contributed by atoms with E-state index in [1.807, 2.05) is 0 Å². The molecule has 1 heterocycles. The van der Waals surface area contributed by atoms with Crippen LogP contribution in [0.15, 0.2) is 0 Å². The first-order valence-corrected chi connectivity index (χ1v) is 5.14. The number of amides is 1. The van der Waals surface area contributed by atoms with Crippen molar-refractivity contribution >= 4 is 6.39 Å². The van der Waals surface area contributed by atoms with Gasteiger partial charge in [0.1, 0.15) is 25.8 Å². The van der Waals surface area contributed by atoms with Crippen LogP contribution in [0, 0.1) is 0 Å². The van der Waals surface area contributed by atoms with E-state index in [1.54, 1.807) is 0 Å². The van der Waals surface area contributed by atoms with Crippen molar-refractivity contribution in [1.29, 1.82) is 0 Å². The molecule has 1 fully saturated rings. The Labute approximate surface area is 99.2 Å². The average molecular weight is 252 g/mol. The first kappa shape index (κ1) is 12.7. The van der Waals surface area contributed by atoms with Crippen LogP contribution in [0.5, 0.6) is 0 Å². The van der Waals surface area contributed by atoms with Crippen LogP contribution >= 0.6 is 0 Å². The van der Waals surface area contributed by atoms with E-state index in [-0.39, 0.29) is 13.2 Å². The third-order valence-electron chi connectivity index (χ3n) is 2.43. The first-order chi connectivity index (χ1) is 8.47. The Bertz CT molecular complexity index is 278. The molecule has 5 N–H and O–H groups in total. The van der Waals surface area contributed by atoms with E-state index >= 15 is 0 Å². The predicted molar refractivity (Wildman–Crippen MR) is 53.8 cm³/mol. The lowest BCUT2D eigenvalue weighted by Gasteiger charge is -2.39. The van der Waals surface area contributed by atoms with Gasteiger partial charge >= 0.3 is 0 Å². The van der Waals surface area contributed by atoms with Crippen LogP contribution in [-0.2, 0) is 14.3 Å². The lowest BCUT2D eigenvalue weighted by molar-refractivity contribution is -0.300. The summed E-state index contributed by atoms with van der Waals surface area (Å²) in [6.45, 7) is -0.543. The molecule has 0 aliphatic carbocycles. The molecule has 5 atom stereocenters. The Hall–Kier alpha value is -0.770. The summed E-state index contributed by atoms with van der Waals surface area (Å²) in [5, 5.41) is 39.6. The van der Waals surface area contributed by atoms with Gasteiger partial charge in [-0.1, -0.05) is 0 Å². The maximum absolute atomic E-state index is 10.3. The first-order valence-electron chi connectivity index (χ1n) is 5.64. The SMILES string of the molecule is [2H]C(=O)NCCO[C@@H]1O[C@H](CO)[C@@H](O)[C@H](O)[C@H]1O. The average Bonchev–Trinajstić information content (AvgIpc) is 2.34. The topological polar surface area (TPSA) is 128 Å². The fourth-order valence-corrected chi connectivity index (χ4v) is 1.48. The second-order valence-electron chi connectivity index (χ2n) is 3.60. The van der Waals surface area contributed by atoms with Crippen LogP contribution in [0.2, 0.25) is 0 Å². The Morgan fingerprint density at radius 3 is 2.65 bits per heavy atom. The number of carbonyl (C=O) groups is 1. The summed E-state index contributed by atoms with van der Waals surface area (Å²) < 4.78 is 16.7. The van der Waals surface area contributed by atoms with E-state index in [0.717, 1.165) is 0 Å². The van der Waals surface area contributed by atoms with Crippen molar-refractivity contribution in [3.05, 3.63) is 0 Å². The van der Waals surface area contributed by atoms with Gasteiger partial charge in [0.15, 0.2) is 6.29 Å². The van der Waals surface area contributed by atoms with Gasteiger partial charge < -0.3 is 35.2 Å². The molecule has 0 bridgehead atoms. The lowest BCUT2D eigenvalue weighted by Crippen LogP contribution is -2.59. The number of carbonyl (C=O) groups excluding carboxylic acids is 1. The molecule has 0 aromatic heterocycles. The fraction of sp³-hybridized carbons (Fsp3) is 0.889. The van der Waals surface area contributed by atoms with Crippen molar-refractivity contribution in [3.63, 3.8) is 0 Å². The van der Waals surface area contributed by atoms with Crippen molar-refractivity contribution in [1.82, 2.24) is 5.32 Å². The molecule has 17 heavy (non-hydrogen) atoms. The number of aliphatic hydroxyl groups excluding tert-OH is 4. The van der Waals surface area contributed by atoms with Gasteiger partial charge in [0, 0.05) is 6.54 Å². The summed E-state index contributed by atoms with van der Waals surface area (Å²) in [6, 6.07) is 0. The van der Waals surface area contributed by atoms with Gasteiger partial charge in [-0.15, -0.1) is 0 Å². The van der Waals surface area contributed by atoms with Crippen molar-refractivity contribution < 1.29 is 36.1 Å². The normalized spacial score (nSPS) is 38.6. The van der Waals surface area contributed by atoms with Crippen molar-refractivity contribution in [2.24, 2.45) is 0 Å². The highest BCUT2D eigenvalue weighted by Crippen LogP contribution is 2.21. The number of aliphatic hydroxyl groups is 4. The standard InChI is InChI=1S/C9H17NO7/c11-3-5-6(13)7(14)8(15)9(17-5)16-2-1-10-4-12/h4-9,11,13-15H,1-3H2,(H,10,12)/t5-,6-,7+,8-,9-/m1/s1/i4D. The number of hydrogen-bond donors (Lipinski definition) is 5. The third-order valence-corrected chi connectivity index (χ3v) is 2.43. The minimum atomic E-state index is -1.49. The number of ether oxygens (including phenoxy) is 2. The van der Waals surface area contributed by atoms with Crippen LogP contribution in [0.4, 0.5) is 0 Å². The summed E-state index contributed by atoms with van der Waals surface area (Å²) in [7, 11) is 0. The van der Waals surface area contributed by atoms with Gasteiger partial charge in [-0.25, -0.2) is 0 Å². The highest BCUT2D eigenvalue weighted by Gasteiger charge is 2.43. The number of hydrogen-bond acceptors (Lipinski definition) is 7. The third kappa shape index (κ3) is 3.60. The molecule has 0 aromatic carbocycles. The number of rotatable bonds is 5. The van der Waals surface area contributed by atoms with Crippen LogP contribution in [0.1, 0.15) is 1.37 Å². The van der Waals surface area contributed by atoms with Crippen LogP contribution in [0.3, 0.4) is 0 Å².